The number of benzene rings is 1. The van der Waals surface area contributed by atoms with Crippen molar-refractivity contribution >= 4 is 46.7 Å². The normalized spacial score (nSPS) is 21.1. The van der Waals surface area contributed by atoms with E-state index in [1.54, 1.807) is 23.1 Å². The van der Waals surface area contributed by atoms with Crippen LogP contribution in [0.5, 0.6) is 0 Å². The van der Waals surface area contributed by atoms with Gasteiger partial charge in [-0.15, -0.1) is 11.8 Å². The van der Waals surface area contributed by atoms with Crippen LogP contribution >= 0.6 is 35.0 Å². The Bertz CT molecular complexity index is 535. The van der Waals surface area contributed by atoms with Crippen molar-refractivity contribution in [3.63, 3.8) is 0 Å². The molecule has 2 rings (SSSR count). The smallest absolute Gasteiger partial charge is 0.239 e. The number of carbonyl (C=O) groups excluding carboxylic acids is 2. The van der Waals surface area contributed by atoms with E-state index in [1.807, 2.05) is 13.2 Å². The highest BCUT2D eigenvalue weighted by Gasteiger charge is 2.42. The standard InChI is InChI=1S/C13H13Cl2NO2S/c1-7(19-2)16-6-11(17)12(13(16)18)9-4-3-8(14)5-10(9)15/h3-5,7,12H,6H2,1-2H3. The molecule has 1 saturated heterocycles. The summed E-state index contributed by atoms with van der Waals surface area (Å²) in [5.41, 5.74) is 0.539. The molecule has 1 heterocycles. The Hall–Kier alpha value is -0.710. The third kappa shape index (κ3) is 2.76. The van der Waals surface area contributed by atoms with Crippen LogP contribution in [0.25, 0.3) is 0 Å². The van der Waals surface area contributed by atoms with Crippen LogP contribution in [0, 0.1) is 0 Å². The first kappa shape index (κ1) is 14.7. The van der Waals surface area contributed by atoms with Gasteiger partial charge in [0.15, 0.2) is 5.78 Å². The molecule has 3 nitrogen and oxygen atoms in total. The summed E-state index contributed by atoms with van der Waals surface area (Å²) in [6.45, 7) is 2.05. The van der Waals surface area contributed by atoms with E-state index >= 15 is 0 Å². The number of halogens is 2. The molecule has 2 atom stereocenters. The maximum atomic E-state index is 12.4. The van der Waals surface area contributed by atoms with E-state index in [9.17, 15) is 9.59 Å². The van der Waals surface area contributed by atoms with Crippen LogP contribution in [-0.4, -0.2) is 34.8 Å². The van der Waals surface area contributed by atoms with Crippen LogP contribution in [0.1, 0.15) is 18.4 Å². The number of hydrogen-bond donors (Lipinski definition) is 0. The number of likely N-dealkylation sites (tertiary alicyclic amines) is 1. The summed E-state index contributed by atoms with van der Waals surface area (Å²) in [7, 11) is 0. The highest BCUT2D eigenvalue weighted by atomic mass is 35.5. The van der Waals surface area contributed by atoms with E-state index in [-0.39, 0.29) is 23.6 Å². The van der Waals surface area contributed by atoms with Gasteiger partial charge in [0.25, 0.3) is 0 Å². The highest BCUT2D eigenvalue weighted by molar-refractivity contribution is 7.99. The SMILES string of the molecule is CSC(C)N1CC(=O)C(c2ccc(Cl)cc2Cl)C1=O. The number of Topliss-reactive ketones (excluding diaryl/α,β-unsaturated/α-hetero) is 1. The van der Waals surface area contributed by atoms with Crippen molar-refractivity contribution in [2.75, 3.05) is 12.8 Å². The van der Waals surface area contributed by atoms with Crippen molar-refractivity contribution in [1.29, 1.82) is 0 Å². The first-order valence-electron chi connectivity index (χ1n) is 5.76. The molecule has 0 radical (unpaired) electrons. The quantitative estimate of drug-likeness (QED) is 0.803. The zero-order valence-corrected chi connectivity index (χ0v) is 12.9. The molecule has 0 saturated carbocycles. The van der Waals surface area contributed by atoms with Crippen LogP contribution in [0.4, 0.5) is 0 Å². The molecule has 1 aliphatic rings. The third-order valence-corrected chi connectivity index (χ3v) is 4.73. The van der Waals surface area contributed by atoms with Gasteiger partial charge in [-0.3, -0.25) is 9.59 Å². The molecule has 0 aromatic heterocycles. The molecule has 0 aliphatic carbocycles. The van der Waals surface area contributed by atoms with Crippen LogP contribution < -0.4 is 0 Å². The maximum absolute atomic E-state index is 12.4. The number of nitrogens with zero attached hydrogens (tertiary/aromatic N) is 1. The van der Waals surface area contributed by atoms with Gasteiger partial charge in [0.05, 0.1) is 11.9 Å². The summed E-state index contributed by atoms with van der Waals surface area (Å²) < 4.78 is 0. The molecule has 0 N–H and O–H groups in total. The van der Waals surface area contributed by atoms with Crippen molar-refractivity contribution in [2.45, 2.75) is 18.2 Å². The molecule has 1 amide bonds. The van der Waals surface area contributed by atoms with Gasteiger partial charge in [-0.2, -0.15) is 0 Å². The van der Waals surface area contributed by atoms with Gasteiger partial charge >= 0.3 is 0 Å². The molecule has 2 unspecified atom stereocenters. The van der Waals surface area contributed by atoms with Crippen LogP contribution in [-0.2, 0) is 9.59 Å². The first-order chi connectivity index (χ1) is 8.95. The zero-order valence-electron chi connectivity index (χ0n) is 10.5. The fourth-order valence-corrected chi connectivity index (χ4v) is 3.07. The molecule has 0 bridgehead atoms. The lowest BCUT2D eigenvalue weighted by atomic mass is 9.97. The summed E-state index contributed by atoms with van der Waals surface area (Å²) in [6, 6.07) is 4.85. The van der Waals surface area contributed by atoms with E-state index in [4.69, 9.17) is 23.2 Å². The molecule has 1 aromatic carbocycles. The second-order valence-corrected chi connectivity index (χ2v) is 6.36. The summed E-state index contributed by atoms with van der Waals surface area (Å²) in [6.07, 6.45) is 1.91. The Morgan fingerprint density at radius 3 is 2.63 bits per heavy atom. The van der Waals surface area contributed by atoms with Crippen molar-refractivity contribution in [2.24, 2.45) is 0 Å². The number of hydrogen-bond acceptors (Lipinski definition) is 3. The minimum absolute atomic E-state index is 0.0208. The molecule has 1 aliphatic heterocycles. The van der Waals surface area contributed by atoms with Gasteiger partial charge < -0.3 is 4.90 Å². The first-order valence-corrected chi connectivity index (χ1v) is 7.81. The Kier molecular flexibility index (Phi) is 4.43. The summed E-state index contributed by atoms with van der Waals surface area (Å²) in [4.78, 5) is 26.0. The summed E-state index contributed by atoms with van der Waals surface area (Å²) in [5, 5.41) is 0.825. The lowest BCUT2D eigenvalue weighted by Crippen LogP contribution is -2.33. The zero-order chi connectivity index (χ0) is 14.2. The summed E-state index contributed by atoms with van der Waals surface area (Å²) in [5.74, 6) is -1.09. The van der Waals surface area contributed by atoms with E-state index in [2.05, 4.69) is 0 Å². The predicted octanol–water partition coefficient (Wildman–Crippen LogP) is 3.20. The highest BCUT2D eigenvalue weighted by Crippen LogP contribution is 2.34. The molecule has 0 spiro atoms. The third-order valence-electron chi connectivity index (χ3n) is 3.23. The Labute approximate surface area is 126 Å². The van der Waals surface area contributed by atoms with Gasteiger partial charge in [-0.05, 0) is 30.9 Å². The monoisotopic (exact) mass is 317 g/mol. The molecule has 6 heteroatoms. The number of thioether (sulfide) groups is 1. The number of rotatable bonds is 3. The molecular weight excluding hydrogens is 305 g/mol. The van der Waals surface area contributed by atoms with Gasteiger partial charge in [0, 0.05) is 10.0 Å². The number of carbonyl (C=O) groups is 2. The Balaban J connectivity index is 2.35. The van der Waals surface area contributed by atoms with Gasteiger partial charge in [-0.1, -0.05) is 29.3 Å². The lowest BCUT2D eigenvalue weighted by molar-refractivity contribution is -0.129. The average molecular weight is 318 g/mol. The molecule has 1 aromatic rings. The Morgan fingerprint density at radius 2 is 2.05 bits per heavy atom. The van der Waals surface area contributed by atoms with Crippen molar-refractivity contribution in [3.8, 4) is 0 Å². The topological polar surface area (TPSA) is 37.4 Å². The fraction of sp³-hybridized carbons (Fsp3) is 0.385. The number of amides is 1. The van der Waals surface area contributed by atoms with E-state index in [0.717, 1.165) is 0 Å². The largest absolute Gasteiger partial charge is 0.323 e. The fourth-order valence-electron chi connectivity index (χ4n) is 2.12. The molecule has 19 heavy (non-hydrogen) atoms. The lowest BCUT2D eigenvalue weighted by Gasteiger charge is -2.22. The average Bonchev–Trinajstić information content (AvgIpc) is 2.65. The van der Waals surface area contributed by atoms with E-state index in [1.165, 1.54) is 11.8 Å². The second-order valence-electron chi connectivity index (χ2n) is 4.37. The Morgan fingerprint density at radius 1 is 1.37 bits per heavy atom. The molecule has 102 valence electrons. The summed E-state index contributed by atoms with van der Waals surface area (Å²) >= 11 is 13.4. The second kappa shape index (κ2) is 5.73. The van der Waals surface area contributed by atoms with E-state index in [0.29, 0.717) is 15.6 Å². The molecule has 1 fully saturated rings. The maximum Gasteiger partial charge on any atom is 0.239 e. The van der Waals surface area contributed by atoms with Crippen molar-refractivity contribution in [1.82, 2.24) is 4.90 Å². The van der Waals surface area contributed by atoms with Crippen molar-refractivity contribution in [3.05, 3.63) is 33.8 Å². The van der Waals surface area contributed by atoms with E-state index < -0.39 is 5.92 Å². The number of ketones is 1. The van der Waals surface area contributed by atoms with Crippen molar-refractivity contribution < 1.29 is 9.59 Å². The van der Waals surface area contributed by atoms with Gasteiger partial charge in [0.1, 0.15) is 5.92 Å². The van der Waals surface area contributed by atoms with Crippen LogP contribution in [0.15, 0.2) is 18.2 Å². The minimum atomic E-state index is -0.792. The minimum Gasteiger partial charge on any atom is -0.323 e. The van der Waals surface area contributed by atoms with Crippen LogP contribution in [0.3, 0.4) is 0 Å². The van der Waals surface area contributed by atoms with Gasteiger partial charge in [-0.25, -0.2) is 0 Å². The molecular formula is C13H13Cl2NO2S. The predicted molar refractivity (Wildman–Crippen MR) is 78.9 cm³/mol. The van der Waals surface area contributed by atoms with Gasteiger partial charge in [0.2, 0.25) is 5.91 Å². The van der Waals surface area contributed by atoms with Crippen LogP contribution in [0.2, 0.25) is 10.0 Å².